The minimum absolute atomic E-state index is 0.00951. The van der Waals surface area contributed by atoms with Crippen LogP contribution in [0.3, 0.4) is 0 Å². The molecule has 1 aliphatic rings. The molecule has 128 valence electrons. The summed E-state index contributed by atoms with van der Waals surface area (Å²) in [6, 6.07) is 0.295. The number of hydrogen-bond acceptors (Lipinski definition) is 6. The molecule has 4 amide bonds. The van der Waals surface area contributed by atoms with Gasteiger partial charge < -0.3 is 10.4 Å². The molecule has 23 heavy (non-hydrogen) atoms. The zero-order valence-corrected chi connectivity index (χ0v) is 14.5. The van der Waals surface area contributed by atoms with E-state index in [2.05, 4.69) is 5.32 Å². The number of sulfonamides is 1. The molecule has 10 heteroatoms. The number of hydrogen-bond donors (Lipinski definition) is 2. The molecule has 2 heterocycles. The number of amides is 4. The zero-order valence-electron chi connectivity index (χ0n) is 12.9. The fourth-order valence-electron chi connectivity index (χ4n) is 2.27. The number of thiophene rings is 1. The van der Waals surface area contributed by atoms with Gasteiger partial charge in [-0.2, -0.15) is 11.3 Å². The van der Waals surface area contributed by atoms with Crippen LogP contribution >= 0.6 is 11.3 Å². The van der Waals surface area contributed by atoms with E-state index in [1.165, 1.54) is 11.3 Å². The predicted octanol–water partition coefficient (Wildman–Crippen LogP) is 0.448. The van der Waals surface area contributed by atoms with Crippen LogP contribution in [0.5, 0.6) is 0 Å². The number of rotatable bonds is 5. The van der Waals surface area contributed by atoms with Crippen LogP contribution in [-0.2, 0) is 16.4 Å². The van der Waals surface area contributed by atoms with Crippen molar-refractivity contribution in [3.63, 3.8) is 0 Å². The second-order valence-electron chi connectivity index (χ2n) is 5.73. The van der Waals surface area contributed by atoms with Crippen LogP contribution in [0.4, 0.5) is 9.59 Å². The largest absolute Gasteiger partial charge is 0.388 e. The summed E-state index contributed by atoms with van der Waals surface area (Å²) in [4.78, 5) is 24.8. The van der Waals surface area contributed by atoms with Gasteiger partial charge in [0.1, 0.15) is 0 Å². The first-order chi connectivity index (χ1) is 10.6. The number of aliphatic hydroxyl groups is 1. The maximum absolute atomic E-state index is 12.0. The molecule has 1 aromatic heterocycles. The Hall–Kier alpha value is -1.65. The monoisotopic (exact) mass is 361 g/mol. The van der Waals surface area contributed by atoms with Gasteiger partial charge in [-0.05, 0) is 29.3 Å². The molecule has 1 aromatic rings. The molecule has 1 unspecified atom stereocenters. The molecule has 1 fully saturated rings. The van der Waals surface area contributed by atoms with Crippen LogP contribution in [0.1, 0.15) is 12.5 Å². The van der Waals surface area contributed by atoms with Gasteiger partial charge in [0.15, 0.2) is 0 Å². The lowest BCUT2D eigenvalue weighted by Crippen LogP contribution is -2.49. The van der Waals surface area contributed by atoms with Crippen molar-refractivity contribution in [2.75, 3.05) is 25.9 Å². The van der Waals surface area contributed by atoms with E-state index in [4.69, 9.17) is 0 Å². The molecule has 1 saturated heterocycles. The SMILES string of the molecule is CC(O)(CNC(=O)N1CCN(S(C)(=O)=O)C1=O)Cc1ccsc1. The molecule has 8 nitrogen and oxygen atoms in total. The Bertz CT molecular complexity index is 684. The highest BCUT2D eigenvalue weighted by atomic mass is 32.2. The van der Waals surface area contributed by atoms with E-state index in [0.717, 1.165) is 16.7 Å². The van der Waals surface area contributed by atoms with E-state index < -0.39 is 27.7 Å². The number of carbonyl (C=O) groups is 2. The van der Waals surface area contributed by atoms with E-state index in [0.29, 0.717) is 10.7 Å². The normalized spacial score (nSPS) is 18.1. The van der Waals surface area contributed by atoms with E-state index in [-0.39, 0.29) is 19.6 Å². The van der Waals surface area contributed by atoms with E-state index in [9.17, 15) is 23.1 Å². The van der Waals surface area contributed by atoms with Gasteiger partial charge in [0.05, 0.1) is 24.9 Å². The number of imide groups is 1. The van der Waals surface area contributed by atoms with E-state index in [1.807, 2.05) is 16.8 Å². The molecule has 0 aliphatic carbocycles. The van der Waals surface area contributed by atoms with Crippen LogP contribution in [0.2, 0.25) is 0 Å². The number of urea groups is 2. The highest BCUT2D eigenvalue weighted by molar-refractivity contribution is 7.88. The molecule has 1 atom stereocenters. The van der Waals surface area contributed by atoms with Crippen molar-refractivity contribution in [3.05, 3.63) is 22.4 Å². The second-order valence-corrected chi connectivity index (χ2v) is 8.42. The summed E-state index contributed by atoms with van der Waals surface area (Å²) in [7, 11) is -3.68. The molecule has 1 aliphatic heterocycles. The van der Waals surface area contributed by atoms with Crippen molar-refractivity contribution < 1.29 is 23.1 Å². The molecule has 0 spiro atoms. The Labute approximate surface area is 138 Å². The topological polar surface area (TPSA) is 107 Å². The Morgan fingerprint density at radius 2 is 2.17 bits per heavy atom. The lowest BCUT2D eigenvalue weighted by atomic mass is 9.98. The number of carbonyl (C=O) groups excluding carboxylic acids is 2. The predicted molar refractivity (Wildman–Crippen MR) is 85.7 cm³/mol. The second kappa shape index (κ2) is 6.46. The van der Waals surface area contributed by atoms with Crippen LogP contribution < -0.4 is 5.32 Å². The first-order valence-corrected chi connectivity index (χ1v) is 9.70. The summed E-state index contributed by atoms with van der Waals surface area (Å²) in [6.45, 7) is 1.46. The molecule has 2 N–H and O–H groups in total. The quantitative estimate of drug-likeness (QED) is 0.792. The Balaban J connectivity index is 1.91. The third-order valence-corrected chi connectivity index (χ3v) is 5.27. The average Bonchev–Trinajstić information content (AvgIpc) is 3.04. The maximum Gasteiger partial charge on any atom is 0.341 e. The lowest BCUT2D eigenvalue weighted by Gasteiger charge is -2.24. The Morgan fingerprint density at radius 3 is 2.70 bits per heavy atom. The highest BCUT2D eigenvalue weighted by Gasteiger charge is 2.38. The van der Waals surface area contributed by atoms with E-state index >= 15 is 0 Å². The minimum atomic E-state index is -3.68. The van der Waals surface area contributed by atoms with Gasteiger partial charge in [-0.25, -0.2) is 27.2 Å². The molecule has 0 radical (unpaired) electrons. The Morgan fingerprint density at radius 1 is 1.48 bits per heavy atom. The lowest BCUT2D eigenvalue weighted by molar-refractivity contribution is 0.0613. The average molecular weight is 361 g/mol. The van der Waals surface area contributed by atoms with Gasteiger partial charge in [-0.1, -0.05) is 0 Å². The number of nitrogens with one attached hydrogen (secondary N) is 1. The summed E-state index contributed by atoms with van der Waals surface area (Å²) in [5.41, 5.74) is -0.217. The van der Waals surface area contributed by atoms with Crippen molar-refractivity contribution in [2.45, 2.75) is 18.9 Å². The van der Waals surface area contributed by atoms with Gasteiger partial charge in [-0.15, -0.1) is 0 Å². The van der Waals surface area contributed by atoms with Crippen LogP contribution in [0.25, 0.3) is 0 Å². The molecular formula is C13H19N3O5S2. The third-order valence-electron chi connectivity index (χ3n) is 3.40. The van der Waals surface area contributed by atoms with Gasteiger partial charge in [-0.3, -0.25) is 0 Å². The van der Waals surface area contributed by atoms with Crippen molar-refractivity contribution in [2.24, 2.45) is 0 Å². The molecule has 0 aromatic carbocycles. The number of nitrogens with zero attached hydrogens (tertiary/aromatic N) is 2. The van der Waals surface area contributed by atoms with Gasteiger partial charge in [0, 0.05) is 13.0 Å². The summed E-state index contributed by atoms with van der Waals surface area (Å²) in [5.74, 6) is 0. The van der Waals surface area contributed by atoms with Gasteiger partial charge >= 0.3 is 12.1 Å². The van der Waals surface area contributed by atoms with Crippen molar-refractivity contribution in [3.8, 4) is 0 Å². The van der Waals surface area contributed by atoms with Crippen LogP contribution in [-0.4, -0.2) is 66.3 Å². The molecular weight excluding hydrogens is 342 g/mol. The smallest absolute Gasteiger partial charge is 0.341 e. The standard InChI is InChI=1S/C13H19N3O5S2/c1-13(19,7-10-3-6-22-8-10)9-14-11(17)15-4-5-16(12(15)18)23(2,20)21/h3,6,8,19H,4-5,7,9H2,1-2H3,(H,14,17). The molecule has 2 rings (SSSR count). The van der Waals surface area contributed by atoms with Crippen molar-refractivity contribution >= 4 is 33.4 Å². The summed E-state index contributed by atoms with van der Waals surface area (Å²) < 4.78 is 23.5. The minimum Gasteiger partial charge on any atom is -0.388 e. The molecule has 0 bridgehead atoms. The summed E-state index contributed by atoms with van der Waals surface area (Å²) >= 11 is 1.51. The fourth-order valence-corrected chi connectivity index (χ4v) is 3.73. The van der Waals surface area contributed by atoms with Gasteiger partial charge in [0.2, 0.25) is 10.0 Å². The van der Waals surface area contributed by atoms with Crippen molar-refractivity contribution in [1.82, 2.24) is 14.5 Å². The highest BCUT2D eigenvalue weighted by Crippen LogP contribution is 2.16. The van der Waals surface area contributed by atoms with Gasteiger partial charge in [0.25, 0.3) is 0 Å². The van der Waals surface area contributed by atoms with E-state index in [1.54, 1.807) is 6.92 Å². The fraction of sp³-hybridized carbons (Fsp3) is 0.538. The Kier molecular flexibility index (Phi) is 4.97. The molecule has 0 saturated carbocycles. The zero-order chi connectivity index (χ0) is 17.3. The maximum atomic E-state index is 12.0. The van der Waals surface area contributed by atoms with Crippen LogP contribution in [0, 0.1) is 0 Å². The third kappa shape index (κ3) is 4.43. The summed E-state index contributed by atoms with van der Waals surface area (Å²) in [6.07, 6.45) is 1.28. The summed E-state index contributed by atoms with van der Waals surface area (Å²) in [5, 5.41) is 16.6. The first-order valence-electron chi connectivity index (χ1n) is 6.91. The first kappa shape index (κ1) is 17.7. The van der Waals surface area contributed by atoms with Crippen molar-refractivity contribution in [1.29, 1.82) is 0 Å². The van der Waals surface area contributed by atoms with Crippen LogP contribution in [0.15, 0.2) is 16.8 Å².